The molecule has 0 aliphatic carbocycles. The molecule has 0 atom stereocenters. The Kier molecular flexibility index (Phi) is 5.44. The van der Waals surface area contributed by atoms with E-state index in [1.165, 1.54) is 6.07 Å². The molecule has 2 heterocycles. The number of nitro groups is 1. The first-order valence-electron chi connectivity index (χ1n) is 9.63. The van der Waals surface area contributed by atoms with Crippen LogP contribution < -0.4 is 4.74 Å². The average Bonchev–Trinajstić information content (AvgIpc) is 3.20. The fourth-order valence-electron chi connectivity index (χ4n) is 3.49. The molecule has 11 heteroatoms. The lowest BCUT2D eigenvalue weighted by Gasteiger charge is -2.21. The van der Waals surface area contributed by atoms with E-state index >= 15 is 4.39 Å². The normalized spacial score (nSPS) is 14.8. The third kappa shape index (κ3) is 4.13. The number of hydrogen-bond acceptors (Lipinski definition) is 8. The highest BCUT2D eigenvalue weighted by Gasteiger charge is 2.28. The molecule has 0 aromatic heterocycles. The van der Waals surface area contributed by atoms with Crippen molar-refractivity contribution in [3.05, 3.63) is 57.4 Å². The molecule has 162 valence electrons. The van der Waals surface area contributed by atoms with Crippen LogP contribution in [-0.4, -0.2) is 49.3 Å². The van der Waals surface area contributed by atoms with Crippen molar-refractivity contribution in [3.8, 4) is 11.5 Å². The Hall–Kier alpha value is -3.34. The van der Waals surface area contributed by atoms with Gasteiger partial charge in [0.1, 0.15) is 11.6 Å². The first-order valence-corrected chi connectivity index (χ1v) is 11.4. The maximum absolute atomic E-state index is 15.2. The number of hydrogen-bond donors (Lipinski definition) is 0. The van der Waals surface area contributed by atoms with E-state index in [1.54, 1.807) is 25.4 Å². The summed E-state index contributed by atoms with van der Waals surface area (Å²) in [6, 6.07) is 6.93. The summed E-state index contributed by atoms with van der Waals surface area (Å²) in [5.41, 5.74) is 0.550. The minimum absolute atomic E-state index is 0.108. The van der Waals surface area contributed by atoms with Gasteiger partial charge in [-0.15, -0.1) is 0 Å². The zero-order valence-corrected chi connectivity index (χ0v) is 17.4. The van der Waals surface area contributed by atoms with Gasteiger partial charge in [-0.2, -0.15) is 0 Å². The smallest absolute Gasteiger partial charge is 0.314 e. The molecule has 0 amide bonds. The fourth-order valence-corrected chi connectivity index (χ4v) is 4.95. The van der Waals surface area contributed by atoms with Crippen molar-refractivity contribution in [2.75, 3.05) is 18.8 Å². The van der Waals surface area contributed by atoms with Crippen molar-refractivity contribution in [2.24, 2.45) is 9.98 Å². The van der Waals surface area contributed by atoms with Gasteiger partial charge in [-0.1, -0.05) is 6.92 Å². The third-order valence-corrected chi connectivity index (χ3v) is 6.66. The molecule has 0 radical (unpaired) electrons. The summed E-state index contributed by atoms with van der Waals surface area (Å²) >= 11 is 0. The van der Waals surface area contributed by atoms with Gasteiger partial charge >= 0.3 is 5.69 Å². The number of aliphatic imine (C=N–C) groups is 2. The Balaban J connectivity index is 1.73. The molecule has 0 bridgehead atoms. The zero-order chi connectivity index (χ0) is 22.2. The highest BCUT2D eigenvalue weighted by molar-refractivity contribution is 7.90. The number of nitro benzene ring substituents is 1. The van der Waals surface area contributed by atoms with Gasteiger partial charge in [0, 0.05) is 23.7 Å². The summed E-state index contributed by atoms with van der Waals surface area (Å²) in [7, 11) is -3.55. The number of benzene rings is 2. The minimum Gasteiger partial charge on any atom is -0.447 e. The monoisotopic (exact) mass is 446 g/mol. The molecule has 31 heavy (non-hydrogen) atoms. The van der Waals surface area contributed by atoms with Crippen molar-refractivity contribution >= 4 is 33.4 Å². The van der Waals surface area contributed by atoms with Crippen LogP contribution >= 0.6 is 0 Å². The Morgan fingerprint density at radius 1 is 1.29 bits per heavy atom. The van der Waals surface area contributed by atoms with Crippen LogP contribution in [0.5, 0.6) is 11.5 Å². The standard InChI is InChI=1S/C20H19FN4O5S/c1-2-9-31(28,29)11-13-3-6-17(25(26)27)19(18(13)21)30-14-4-5-16-15(10-14)20-22-7-8-24(20)12-23-16/h3-6,10,12H,2,7-9,11H2,1H3. The van der Waals surface area contributed by atoms with Crippen molar-refractivity contribution in [2.45, 2.75) is 19.1 Å². The Morgan fingerprint density at radius 2 is 2.10 bits per heavy atom. The van der Waals surface area contributed by atoms with Gasteiger partial charge in [0.15, 0.2) is 15.7 Å². The van der Waals surface area contributed by atoms with E-state index in [1.807, 2.05) is 4.90 Å². The summed E-state index contributed by atoms with van der Waals surface area (Å²) in [6.45, 7) is 3.01. The van der Waals surface area contributed by atoms with Gasteiger partial charge in [-0.25, -0.2) is 17.8 Å². The van der Waals surface area contributed by atoms with Gasteiger partial charge in [-0.05, 0) is 30.7 Å². The van der Waals surface area contributed by atoms with E-state index in [-0.39, 0.29) is 17.1 Å². The van der Waals surface area contributed by atoms with Crippen molar-refractivity contribution in [1.29, 1.82) is 0 Å². The average molecular weight is 446 g/mol. The number of halogens is 1. The maximum Gasteiger partial charge on any atom is 0.314 e. The van der Waals surface area contributed by atoms with Crippen LogP contribution in [0.2, 0.25) is 0 Å². The number of fused-ring (bicyclic) bond motifs is 3. The van der Waals surface area contributed by atoms with E-state index in [0.29, 0.717) is 36.6 Å². The molecule has 4 rings (SSSR count). The van der Waals surface area contributed by atoms with Crippen LogP contribution in [0.3, 0.4) is 0 Å². The molecule has 2 aromatic rings. The van der Waals surface area contributed by atoms with E-state index in [4.69, 9.17) is 4.74 Å². The number of nitrogens with zero attached hydrogens (tertiary/aromatic N) is 4. The second kappa shape index (κ2) is 8.06. The number of amidine groups is 1. The van der Waals surface area contributed by atoms with Crippen LogP contribution in [0.15, 0.2) is 40.3 Å². The van der Waals surface area contributed by atoms with Crippen molar-refractivity contribution in [3.63, 3.8) is 0 Å². The Bertz CT molecular complexity index is 1230. The summed E-state index contributed by atoms with van der Waals surface area (Å²) < 4.78 is 45.0. The van der Waals surface area contributed by atoms with Crippen LogP contribution in [-0.2, 0) is 15.6 Å². The van der Waals surface area contributed by atoms with Gasteiger partial charge < -0.3 is 9.64 Å². The Labute approximate surface area is 178 Å². The predicted molar refractivity (Wildman–Crippen MR) is 114 cm³/mol. The second-order valence-electron chi connectivity index (χ2n) is 7.16. The molecule has 0 saturated heterocycles. The number of ether oxygens (including phenoxy) is 1. The highest BCUT2D eigenvalue weighted by atomic mass is 32.2. The minimum atomic E-state index is -3.55. The molecule has 0 N–H and O–H groups in total. The van der Waals surface area contributed by atoms with Gasteiger partial charge in [-0.3, -0.25) is 15.1 Å². The van der Waals surface area contributed by atoms with E-state index < -0.39 is 37.8 Å². The molecular weight excluding hydrogens is 427 g/mol. The van der Waals surface area contributed by atoms with E-state index in [2.05, 4.69) is 9.98 Å². The summed E-state index contributed by atoms with van der Waals surface area (Å²) in [6.07, 6.45) is 2.07. The summed E-state index contributed by atoms with van der Waals surface area (Å²) in [5.74, 6) is -1.51. The third-order valence-electron chi connectivity index (χ3n) is 4.88. The van der Waals surface area contributed by atoms with E-state index in [9.17, 15) is 18.5 Å². The molecule has 9 nitrogen and oxygen atoms in total. The number of sulfone groups is 1. The lowest BCUT2D eigenvalue weighted by Crippen LogP contribution is -2.29. The molecule has 0 saturated carbocycles. The van der Waals surface area contributed by atoms with Gasteiger partial charge in [0.05, 0.1) is 35.0 Å². The first kappa shape index (κ1) is 20.9. The van der Waals surface area contributed by atoms with E-state index in [0.717, 1.165) is 12.1 Å². The lowest BCUT2D eigenvalue weighted by molar-refractivity contribution is -0.385. The van der Waals surface area contributed by atoms with Crippen LogP contribution in [0.25, 0.3) is 0 Å². The topological polar surface area (TPSA) is 114 Å². The molecular formula is C20H19FN4O5S. The summed E-state index contributed by atoms with van der Waals surface area (Å²) in [4.78, 5) is 21.3. The first-order chi connectivity index (χ1) is 14.8. The molecule has 2 aliphatic rings. The largest absolute Gasteiger partial charge is 0.447 e. The van der Waals surface area contributed by atoms with Gasteiger partial charge in [0.2, 0.25) is 5.75 Å². The van der Waals surface area contributed by atoms with Crippen molar-refractivity contribution < 1.29 is 22.5 Å². The van der Waals surface area contributed by atoms with Crippen LogP contribution in [0, 0.1) is 15.9 Å². The van der Waals surface area contributed by atoms with Crippen LogP contribution in [0.4, 0.5) is 15.8 Å². The lowest BCUT2D eigenvalue weighted by atomic mass is 10.1. The molecule has 2 aliphatic heterocycles. The fraction of sp³-hybridized carbons (Fsp3) is 0.300. The van der Waals surface area contributed by atoms with Gasteiger partial charge in [0.25, 0.3) is 0 Å². The second-order valence-corrected chi connectivity index (χ2v) is 9.34. The SMILES string of the molecule is CCCS(=O)(=O)Cc1ccc([N+](=O)[O-])c(Oc2ccc3c(c2)C2=NCCN2C=N3)c1F. The number of rotatable bonds is 7. The molecule has 0 unspecified atom stereocenters. The quantitative estimate of drug-likeness (QED) is 0.474. The highest BCUT2D eigenvalue weighted by Crippen LogP contribution is 2.38. The summed E-state index contributed by atoms with van der Waals surface area (Å²) in [5, 5.41) is 11.4. The molecule has 2 aromatic carbocycles. The molecule has 0 fully saturated rings. The Morgan fingerprint density at radius 3 is 2.84 bits per heavy atom. The maximum atomic E-state index is 15.2. The molecule has 0 spiro atoms. The van der Waals surface area contributed by atoms with Crippen molar-refractivity contribution in [1.82, 2.24) is 4.90 Å². The van der Waals surface area contributed by atoms with Crippen LogP contribution in [0.1, 0.15) is 24.5 Å². The zero-order valence-electron chi connectivity index (χ0n) is 16.6. The predicted octanol–water partition coefficient (Wildman–Crippen LogP) is 3.59.